The van der Waals surface area contributed by atoms with Crippen molar-refractivity contribution in [2.24, 2.45) is 5.92 Å². The molecule has 0 saturated heterocycles. The zero-order valence-electron chi connectivity index (χ0n) is 18.4. The molecule has 1 N–H and O–H groups in total. The second-order valence-corrected chi connectivity index (χ2v) is 9.00. The zero-order chi connectivity index (χ0) is 21.2. The molecular formula is C27H32N2O2. The van der Waals surface area contributed by atoms with E-state index in [1.807, 2.05) is 19.1 Å². The van der Waals surface area contributed by atoms with E-state index in [2.05, 4.69) is 46.3 Å². The summed E-state index contributed by atoms with van der Waals surface area (Å²) in [6.07, 6.45) is 7.82. The number of rotatable bonds is 6. The minimum atomic E-state index is -0.0902. The number of nitrogens with one attached hydrogen (secondary N) is 1. The number of hydrogen-bond donors (Lipinski definition) is 1. The molecule has 1 atom stereocenters. The van der Waals surface area contributed by atoms with Crippen LogP contribution in [0.2, 0.25) is 0 Å². The lowest BCUT2D eigenvalue weighted by molar-refractivity contribution is -0.133. The summed E-state index contributed by atoms with van der Waals surface area (Å²) in [5.74, 6) is 1.88. The maximum atomic E-state index is 13.5. The fourth-order valence-corrected chi connectivity index (χ4v) is 5.57. The fraction of sp³-hybridized carbons (Fsp3) is 0.444. The van der Waals surface area contributed by atoms with E-state index in [0.717, 1.165) is 47.8 Å². The summed E-state index contributed by atoms with van der Waals surface area (Å²) in [6, 6.07) is 16.7. The van der Waals surface area contributed by atoms with Crippen molar-refractivity contribution in [1.29, 1.82) is 0 Å². The highest BCUT2D eigenvalue weighted by molar-refractivity contribution is 5.86. The van der Waals surface area contributed by atoms with Crippen LogP contribution in [0.1, 0.15) is 68.3 Å². The largest absolute Gasteiger partial charge is 0.494 e. The topological polar surface area (TPSA) is 45.3 Å². The lowest BCUT2D eigenvalue weighted by atomic mass is 9.91. The summed E-state index contributed by atoms with van der Waals surface area (Å²) in [5, 5.41) is 1.28. The first-order valence-electron chi connectivity index (χ1n) is 11.9. The van der Waals surface area contributed by atoms with Crippen molar-refractivity contribution in [3.63, 3.8) is 0 Å². The molecule has 1 saturated carbocycles. The van der Waals surface area contributed by atoms with Gasteiger partial charge in [0.25, 0.3) is 0 Å². The quantitative estimate of drug-likeness (QED) is 0.535. The number of ether oxygens (including phenoxy) is 1. The average Bonchev–Trinajstić information content (AvgIpc) is 3.45. The van der Waals surface area contributed by atoms with E-state index in [1.165, 1.54) is 36.6 Å². The van der Waals surface area contributed by atoms with Crippen LogP contribution in [0.5, 0.6) is 5.75 Å². The zero-order valence-corrected chi connectivity index (χ0v) is 18.4. The molecule has 1 aromatic heterocycles. The van der Waals surface area contributed by atoms with Crippen molar-refractivity contribution >= 4 is 16.8 Å². The smallest absolute Gasteiger partial charge is 0.223 e. The number of aromatic amines is 1. The first-order chi connectivity index (χ1) is 15.2. The molecule has 3 aromatic rings. The van der Waals surface area contributed by atoms with E-state index in [0.29, 0.717) is 13.0 Å². The van der Waals surface area contributed by atoms with Gasteiger partial charge in [-0.2, -0.15) is 0 Å². The average molecular weight is 417 g/mol. The summed E-state index contributed by atoms with van der Waals surface area (Å²) in [7, 11) is 0. The molecule has 1 fully saturated rings. The molecule has 1 aliphatic heterocycles. The Morgan fingerprint density at radius 1 is 1.13 bits per heavy atom. The molecule has 162 valence electrons. The molecule has 0 spiro atoms. The SMILES string of the molecule is CCOc1cccc([C@@H]2c3[nH]c4ccccc4c3CCN2C(=O)CCC2CCCC2)c1. The van der Waals surface area contributed by atoms with Crippen LogP contribution in [0.15, 0.2) is 48.5 Å². The van der Waals surface area contributed by atoms with Crippen LogP contribution in [-0.4, -0.2) is 28.9 Å². The highest BCUT2D eigenvalue weighted by Gasteiger charge is 2.34. The first kappa shape index (κ1) is 20.2. The maximum Gasteiger partial charge on any atom is 0.223 e. The van der Waals surface area contributed by atoms with Crippen LogP contribution in [0.4, 0.5) is 0 Å². The van der Waals surface area contributed by atoms with Crippen molar-refractivity contribution in [3.8, 4) is 5.75 Å². The summed E-state index contributed by atoms with van der Waals surface area (Å²) in [6.45, 7) is 3.40. The van der Waals surface area contributed by atoms with Gasteiger partial charge in [-0.05, 0) is 55.0 Å². The van der Waals surface area contributed by atoms with Crippen molar-refractivity contribution in [1.82, 2.24) is 9.88 Å². The van der Waals surface area contributed by atoms with Crippen molar-refractivity contribution in [3.05, 3.63) is 65.4 Å². The van der Waals surface area contributed by atoms with Gasteiger partial charge in [0, 0.05) is 29.6 Å². The summed E-state index contributed by atoms with van der Waals surface area (Å²) in [4.78, 5) is 19.2. The Balaban J connectivity index is 1.51. The molecule has 4 heteroatoms. The third-order valence-electron chi connectivity index (χ3n) is 7.08. The molecule has 2 aromatic carbocycles. The Hall–Kier alpha value is -2.75. The van der Waals surface area contributed by atoms with Gasteiger partial charge in [0.1, 0.15) is 5.75 Å². The molecular weight excluding hydrogens is 384 g/mol. The molecule has 2 aliphatic rings. The van der Waals surface area contributed by atoms with Gasteiger partial charge < -0.3 is 14.6 Å². The Kier molecular flexibility index (Phi) is 5.71. The molecule has 31 heavy (non-hydrogen) atoms. The molecule has 1 amide bonds. The number of benzene rings is 2. The minimum absolute atomic E-state index is 0.0902. The van der Waals surface area contributed by atoms with E-state index >= 15 is 0 Å². The monoisotopic (exact) mass is 416 g/mol. The third-order valence-corrected chi connectivity index (χ3v) is 7.08. The molecule has 4 nitrogen and oxygen atoms in total. The number of H-pyrrole nitrogens is 1. The van der Waals surface area contributed by atoms with Gasteiger partial charge in [-0.1, -0.05) is 56.0 Å². The van der Waals surface area contributed by atoms with Gasteiger partial charge in [-0.15, -0.1) is 0 Å². The van der Waals surface area contributed by atoms with Gasteiger partial charge >= 0.3 is 0 Å². The van der Waals surface area contributed by atoms with E-state index in [-0.39, 0.29) is 11.9 Å². The van der Waals surface area contributed by atoms with Gasteiger partial charge in [0.05, 0.1) is 12.6 Å². The van der Waals surface area contributed by atoms with Gasteiger partial charge in [-0.25, -0.2) is 0 Å². The number of nitrogens with zero attached hydrogens (tertiary/aromatic N) is 1. The van der Waals surface area contributed by atoms with Crippen LogP contribution in [-0.2, 0) is 11.2 Å². The summed E-state index contributed by atoms with van der Waals surface area (Å²) >= 11 is 0. The normalized spacial score (nSPS) is 19.0. The number of amides is 1. The third kappa shape index (κ3) is 3.96. The predicted molar refractivity (Wildman–Crippen MR) is 124 cm³/mol. The Morgan fingerprint density at radius 2 is 1.97 bits per heavy atom. The van der Waals surface area contributed by atoms with Crippen LogP contribution >= 0.6 is 0 Å². The lowest BCUT2D eigenvalue weighted by Gasteiger charge is -2.36. The second-order valence-electron chi connectivity index (χ2n) is 9.00. The number of aromatic nitrogens is 1. The fourth-order valence-electron chi connectivity index (χ4n) is 5.57. The number of carbonyl (C=O) groups excluding carboxylic acids is 1. The van der Waals surface area contributed by atoms with Crippen LogP contribution in [0.25, 0.3) is 10.9 Å². The van der Waals surface area contributed by atoms with E-state index in [4.69, 9.17) is 4.74 Å². The van der Waals surface area contributed by atoms with E-state index in [9.17, 15) is 4.79 Å². The Labute approximate surface area is 184 Å². The highest BCUT2D eigenvalue weighted by atomic mass is 16.5. The number of para-hydroxylation sites is 1. The van der Waals surface area contributed by atoms with E-state index < -0.39 is 0 Å². The van der Waals surface area contributed by atoms with Crippen LogP contribution in [0.3, 0.4) is 0 Å². The predicted octanol–water partition coefficient (Wildman–Crippen LogP) is 6.01. The highest BCUT2D eigenvalue weighted by Crippen LogP contribution is 2.40. The number of carbonyl (C=O) groups is 1. The molecule has 0 bridgehead atoms. The first-order valence-corrected chi connectivity index (χ1v) is 11.9. The van der Waals surface area contributed by atoms with Crippen molar-refractivity contribution in [2.75, 3.05) is 13.2 Å². The summed E-state index contributed by atoms with van der Waals surface area (Å²) in [5.41, 5.74) is 4.78. The van der Waals surface area contributed by atoms with Gasteiger partial charge in [0.2, 0.25) is 5.91 Å². The molecule has 1 aliphatic carbocycles. The summed E-state index contributed by atoms with van der Waals surface area (Å²) < 4.78 is 5.78. The van der Waals surface area contributed by atoms with Crippen LogP contribution in [0, 0.1) is 5.92 Å². The standard InChI is InChI=1S/C27H32N2O2/c1-2-31-21-11-7-10-20(18-21)27-26-23(22-12-5-6-13-24(22)28-26)16-17-29(27)25(30)15-14-19-8-3-4-9-19/h5-7,10-13,18-19,27-28H,2-4,8-9,14-17H2,1H3/t27-/m1/s1. The van der Waals surface area contributed by atoms with Gasteiger partial charge in [-0.3, -0.25) is 4.79 Å². The minimum Gasteiger partial charge on any atom is -0.494 e. The Bertz CT molecular complexity index is 1060. The molecule has 5 rings (SSSR count). The maximum absolute atomic E-state index is 13.5. The Morgan fingerprint density at radius 3 is 2.81 bits per heavy atom. The van der Waals surface area contributed by atoms with Gasteiger partial charge in [0.15, 0.2) is 0 Å². The van der Waals surface area contributed by atoms with Crippen molar-refractivity contribution < 1.29 is 9.53 Å². The van der Waals surface area contributed by atoms with E-state index in [1.54, 1.807) is 0 Å². The number of hydrogen-bond acceptors (Lipinski definition) is 2. The lowest BCUT2D eigenvalue weighted by Crippen LogP contribution is -2.40. The van der Waals surface area contributed by atoms with Crippen molar-refractivity contribution in [2.45, 2.75) is 57.9 Å². The second kappa shape index (κ2) is 8.78. The van der Waals surface area contributed by atoms with Crippen LogP contribution < -0.4 is 4.74 Å². The molecule has 2 heterocycles. The molecule has 0 radical (unpaired) electrons. The number of fused-ring (bicyclic) bond motifs is 3. The molecule has 0 unspecified atom stereocenters.